The molecule has 0 bridgehead atoms. The molecule has 0 aliphatic carbocycles. The molecule has 1 fully saturated rings. The van der Waals surface area contributed by atoms with E-state index in [9.17, 15) is 9.59 Å². The van der Waals surface area contributed by atoms with Crippen LogP contribution in [0.5, 0.6) is 0 Å². The molecule has 3 atom stereocenters. The van der Waals surface area contributed by atoms with E-state index in [1.165, 1.54) is 5.56 Å². The van der Waals surface area contributed by atoms with E-state index in [1.807, 2.05) is 26.0 Å². The molecule has 1 saturated heterocycles. The lowest BCUT2D eigenvalue weighted by atomic mass is 10.0. The lowest BCUT2D eigenvalue weighted by Gasteiger charge is -2.29. The summed E-state index contributed by atoms with van der Waals surface area (Å²) in [6.45, 7) is 5.89. The highest BCUT2D eigenvalue weighted by Gasteiger charge is 2.29. The Hall–Kier alpha value is -1.88. The fourth-order valence-corrected chi connectivity index (χ4v) is 2.50. The Morgan fingerprint density at radius 3 is 2.62 bits per heavy atom. The third-order valence-electron chi connectivity index (χ3n) is 3.78. The monoisotopic (exact) mass is 289 g/mol. The van der Waals surface area contributed by atoms with Crippen LogP contribution in [0.2, 0.25) is 0 Å². The van der Waals surface area contributed by atoms with Crippen LogP contribution in [-0.2, 0) is 16.0 Å². The first-order valence-corrected chi connectivity index (χ1v) is 7.44. The van der Waals surface area contributed by atoms with E-state index >= 15 is 0 Å². The largest absolute Gasteiger partial charge is 0.348 e. The van der Waals surface area contributed by atoms with Gasteiger partial charge in [-0.05, 0) is 31.4 Å². The lowest BCUT2D eigenvalue weighted by Crippen LogP contribution is -2.59. The predicted octanol–water partition coefficient (Wildman–Crippen LogP) is 1.25. The Morgan fingerprint density at radius 2 is 2.05 bits per heavy atom. The van der Waals surface area contributed by atoms with Crippen LogP contribution in [0.1, 0.15) is 44.4 Å². The molecule has 114 valence electrons. The minimum Gasteiger partial charge on any atom is -0.348 e. The number of amides is 2. The van der Waals surface area contributed by atoms with Crippen LogP contribution in [0.3, 0.4) is 0 Å². The van der Waals surface area contributed by atoms with Crippen LogP contribution < -0.4 is 16.0 Å². The second-order valence-corrected chi connectivity index (χ2v) is 5.54. The summed E-state index contributed by atoms with van der Waals surface area (Å²) in [5, 5.41) is 8.77. The minimum absolute atomic E-state index is 0.0782. The lowest BCUT2D eigenvalue weighted by molar-refractivity contribution is -0.132. The summed E-state index contributed by atoms with van der Waals surface area (Å²) in [4.78, 5) is 23.7. The maximum absolute atomic E-state index is 12.2. The average molecular weight is 289 g/mol. The van der Waals surface area contributed by atoms with Crippen LogP contribution in [0.4, 0.5) is 0 Å². The van der Waals surface area contributed by atoms with Crippen molar-refractivity contribution in [2.45, 2.75) is 51.9 Å². The topological polar surface area (TPSA) is 70.2 Å². The number of benzene rings is 1. The molecule has 0 aromatic heterocycles. The number of carbonyl (C=O) groups excluding carboxylic acids is 2. The highest BCUT2D eigenvalue weighted by atomic mass is 16.2. The molecule has 2 amide bonds. The van der Waals surface area contributed by atoms with Crippen molar-refractivity contribution in [2.75, 3.05) is 0 Å². The van der Waals surface area contributed by atoms with Gasteiger partial charge in [0.05, 0.1) is 24.7 Å². The fraction of sp³-hybridized carbons (Fsp3) is 0.500. The number of hydrogen-bond donors (Lipinski definition) is 3. The summed E-state index contributed by atoms with van der Waals surface area (Å²) in [6.07, 6.45) is 0.999. The average Bonchev–Trinajstić information content (AvgIpc) is 2.46. The number of nitrogens with one attached hydrogen (secondary N) is 3. The van der Waals surface area contributed by atoms with Gasteiger partial charge in [-0.1, -0.05) is 31.2 Å². The molecule has 21 heavy (non-hydrogen) atoms. The van der Waals surface area contributed by atoms with Gasteiger partial charge >= 0.3 is 0 Å². The van der Waals surface area contributed by atoms with E-state index in [-0.39, 0.29) is 30.4 Å². The quantitative estimate of drug-likeness (QED) is 0.781. The van der Waals surface area contributed by atoms with Gasteiger partial charge in [-0.2, -0.15) is 0 Å². The van der Waals surface area contributed by atoms with Gasteiger partial charge in [-0.25, -0.2) is 0 Å². The minimum atomic E-state index is -0.467. The summed E-state index contributed by atoms with van der Waals surface area (Å²) in [5.74, 6) is -0.231. The Morgan fingerprint density at radius 1 is 1.38 bits per heavy atom. The van der Waals surface area contributed by atoms with Gasteiger partial charge in [-0.3, -0.25) is 14.9 Å². The smallest absolute Gasteiger partial charge is 0.238 e. The Labute approximate surface area is 125 Å². The molecule has 1 aliphatic heterocycles. The number of carbonyl (C=O) groups is 2. The first-order valence-electron chi connectivity index (χ1n) is 7.44. The maximum Gasteiger partial charge on any atom is 0.238 e. The van der Waals surface area contributed by atoms with Gasteiger partial charge < -0.3 is 10.6 Å². The van der Waals surface area contributed by atoms with Crippen molar-refractivity contribution in [1.29, 1.82) is 0 Å². The highest BCUT2D eigenvalue weighted by molar-refractivity contribution is 5.89. The number of hydrogen-bond acceptors (Lipinski definition) is 3. The number of aryl methyl sites for hydroxylation is 1. The van der Waals surface area contributed by atoms with Crippen molar-refractivity contribution < 1.29 is 9.59 Å². The Kier molecular flexibility index (Phi) is 4.96. The van der Waals surface area contributed by atoms with Crippen LogP contribution in [-0.4, -0.2) is 24.0 Å². The molecular formula is C16H23N3O2. The molecule has 0 radical (unpaired) electrons. The van der Waals surface area contributed by atoms with Crippen molar-refractivity contribution >= 4 is 11.8 Å². The van der Waals surface area contributed by atoms with E-state index in [4.69, 9.17) is 0 Å². The van der Waals surface area contributed by atoms with E-state index in [1.54, 1.807) is 0 Å². The second kappa shape index (κ2) is 6.72. The van der Waals surface area contributed by atoms with Crippen molar-refractivity contribution in [1.82, 2.24) is 16.0 Å². The third kappa shape index (κ3) is 4.04. The van der Waals surface area contributed by atoms with Crippen LogP contribution >= 0.6 is 0 Å². The van der Waals surface area contributed by atoms with Gasteiger partial charge in [0, 0.05) is 0 Å². The van der Waals surface area contributed by atoms with Crippen molar-refractivity contribution in [3.8, 4) is 0 Å². The second-order valence-electron chi connectivity index (χ2n) is 5.54. The summed E-state index contributed by atoms with van der Waals surface area (Å²) in [7, 11) is 0. The van der Waals surface area contributed by atoms with E-state index in [0.717, 1.165) is 12.0 Å². The molecule has 2 rings (SSSR count). The van der Waals surface area contributed by atoms with Crippen molar-refractivity contribution in [2.24, 2.45) is 0 Å². The van der Waals surface area contributed by atoms with Gasteiger partial charge in [-0.15, -0.1) is 0 Å². The summed E-state index contributed by atoms with van der Waals surface area (Å²) < 4.78 is 0. The molecule has 1 heterocycles. The summed E-state index contributed by atoms with van der Waals surface area (Å²) >= 11 is 0. The van der Waals surface area contributed by atoms with Crippen molar-refractivity contribution in [3.05, 3.63) is 35.4 Å². The molecule has 0 saturated carbocycles. The Balaban J connectivity index is 1.96. The third-order valence-corrected chi connectivity index (χ3v) is 3.78. The van der Waals surface area contributed by atoms with Crippen molar-refractivity contribution in [3.63, 3.8) is 0 Å². The summed E-state index contributed by atoms with van der Waals surface area (Å²) in [5.41, 5.74) is 2.34. The zero-order chi connectivity index (χ0) is 15.4. The molecular weight excluding hydrogens is 266 g/mol. The molecule has 5 nitrogen and oxygen atoms in total. The molecule has 3 unspecified atom stereocenters. The molecule has 3 N–H and O–H groups in total. The van der Waals surface area contributed by atoms with E-state index < -0.39 is 6.04 Å². The summed E-state index contributed by atoms with van der Waals surface area (Å²) in [6, 6.07) is 7.68. The molecule has 1 aromatic rings. The SMILES string of the molecule is CCc1ccc(C(C)NC(=O)C2CC(=O)NC(C)N2)cc1. The highest BCUT2D eigenvalue weighted by Crippen LogP contribution is 2.14. The standard InChI is InChI=1S/C16H23N3O2/c1-4-12-5-7-13(8-6-12)10(2)17-16(21)14-9-15(20)19-11(3)18-14/h5-8,10-11,14,18H,4,9H2,1-3H3,(H,17,21)(H,19,20). The molecule has 1 aromatic carbocycles. The normalized spacial score (nSPS) is 23.3. The van der Waals surface area contributed by atoms with Gasteiger partial charge in [0.1, 0.15) is 0 Å². The van der Waals surface area contributed by atoms with Gasteiger partial charge in [0.15, 0.2) is 0 Å². The number of rotatable bonds is 4. The van der Waals surface area contributed by atoms with Crippen LogP contribution in [0.25, 0.3) is 0 Å². The fourth-order valence-electron chi connectivity index (χ4n) is 2.50. The zero-order valence-electron chi connectivity index (χ0n) is 12.8. The predicted molar refractivity (Wildman–Crippen MR) is 81.5 cm³/mol. The van der Waals surface area contributed by atoms with Gasteiger partial charge in [0.25, 0.3) is 0 Å². The van der Waals surface area contributed by atoms with E-state index in [2.05, 4.69) is 35.0 Å². The van der Waals surface area contributed by atoms with Crippen LogP contribution in [0.15, 0.2) is 24.3 Å². The molecule has 0 spiro atoms. The van der Waals surface area contributed by atoms with E-state index in [0.29, 0.717) is 0 Å². The van der Waals surface area contributed by atoms with Gasteiger partial charge in [0.2, 0.25) is 11.8 Å². The Bertz CT molecular complexity index is 513. The first-order chi connectivity index (χ1) is 9.99. The zero-order valence-corrected chi connectivity index (χ0v) is 12.8. The van der Waals surface area contributed by atoms with Crippen LogP contribution in [0, 0.1) is 0 Å². The molecule has 5 heteroatoms. The maximum atomic E-state index is 12.2. The first kappa shape index (κ1) is 15.5. The molecule has 1 aliphatic rings.